The zero-order chi connectivity index (χ0) is 10.3. The third kappa shape index (κ3) is 1.57. The summed E-state index contributed by atoms with van der Waals surface area (Å²) in [4.78, 5) is 3.13. The fraction of sp³-hybridized carbons (Fsp3) is 0. The van der Waals surface area contributed by atoms with Crippen LogP contribution >= 0.6 is 0 Å². The third-order valence-electron chi connectivity index (χ3n) is 2.64. The molecular formula is C13H9LiNO+. The van der Waals surface area contributed by atoms with Crippen LogP contribution in [0, 0.1) is 0 Å². The minimum atomic E-state index is 0. The molecule has 3 aromatic rings. The molecule has 0 aliphatic heterocycles. The van der Waals surface area contributed by atoms with Gasteiger partial charge >= 0.3 is 18.9 Å². The van der Waals surface area contributed by atoms with Crippen molar-refractivity contribution < 1.29 is 29.0 Å². The molecule has 0 amide bonds. The second kappa shape index (κ2) is 4.17. The topological polar surface area (TPSA) is 37.2 Å². The molecule has 1 N–H and O–H groups in total. The molecule has 0 aliphatic carbocycles. The van der Waals surface area contributed by atoms with Crippen LogP contribution in [0.1, 0.15) is 0 Å². The maximum absolute atomic E-state index is 11.8. The van der Waals surface area contributed by atoms with E-state index in [1.54, 1.807) is 12.1 Å². The first kappa shape index (κ1) is 11.0. The molecule has 1 heterocycles. The van der Waals surface area contributed by atoms with Gasteiger partial charge in [-0.1, -0.05) is 30.0 Å². The summed E-state index contributed by atoms with van der Waals surface area (Å²) in [6.07, 6.45) is 1.84. The van der Waals surface area contributed by atoms with E-state index in [9.17, 15) is 5.11 Å². The summed E-state index contributed by atoms with van der Waals surface area (Å²) in [5.74, 6) is 0.0700. The van der Waals surface area contributed by atoms with Crippen LogP contribution in [0.15, 0.2) is 48.7 Å². The number of H-pyrrole nitrogens is 1. The minimum Gasteiger partial charge on any atom is -0.872 e. The Morgan fingerprint density at radius 1 is 0.875 bits per heavy atom. The molecule has 0 atom stereocenters. The van der Waals surface area contributed by atoms with Gasteiger partial charge in [-0.2, -0.15) is 0 Å². The Morgan fingerprint density at radius 2 is 1.62 bits per heavy atom. The summed E-state index contributed by atoms with van der Waals surface area (Å²) in [6.45, 7) is 0. The Labute approximate surface area is 105 Å². The quantitative estimate of drug-likeness (QED) is 0.336. The van der Waals surface area contributed by atoms with Crippen molar-refractivity contribution in [3.63, 3.8) is 0 Å². The summed E-state index contributed by atoms with van der Waals surface area (Å²) in [6, 6.07) is 13.3. The average molecular weight is 202 g/mol. The van der Waals surface area contributed by atoms with E-state index in [-0.39, 0.29) is 24.6 Å². The van der Waals surface area contributed by atoms with Crippen LogP contribution in [0.4, 0.5) is 0 Å². The molecule has 0 saturated heterocycles. The van der Waals surface area contributed by atoms with Crippen LogP contribution < -0.4 is 29.0 Å². The Morgan fingerprint density at radius 3 is 2.50 bits per heavy atom. The van der Waals surface area contributed by atoms with Crippen LogP contribution in [0.5, 0.6) is 5.75 Å². The van der Waals surface area contributed by atoms with Crippen molar-refractivity contribution in [1.82, 2.24) is 0 Å². The molecule has 3 heteroatoms. The van der Waals surface area contributed by atoms with E-state index in [4.69, 9.17) is 0 Å². The maximum atomic E-state index is 11.8. The molecule has 2 nitrogen and oxygen atoms in total. The molecule has 0 bridgehead atoms. The van der Waals surface area contributed by atoms with Crippen molar-refractivity contribution in [3.05, 3.63) is 48.7 Å². The molecule has 0 fully saturated rings. The predicted octanol–water partition coefficient (Wildman–Crippen LogP) is -1.12. The van der Waals surface area contributed by atoms with Crippen molar-refractivity contribution in [2.45, 2.75) is 0 Å². The number of fused-ring (bicyclic) bond motifs is 3. The first-order valence-electron chi connectivity index (χ1n) is 4.85. The number of hydrogen-bond donors (Lipinski definition) is 0. The SMILES string of the molecule is [Li+].[O-]c1cccc2ccc3ccc[nH+]c3c12. The number of benzene rings is 2. The van der Waals surface area contributed by atoms with Gasteiger partial charge in [0.1, 0.15) is 0 Å². The maximum Gasteiger partial charge on any atom is 1.00 e. The van der Waals surface area contributed by atoms with Gasteiger partial charge < -0.3 is 5.11 Å². The number of rotatable bonds is 0. The summed E-state index contributed by atoms with van der Waals surface area (Å²) < 4.78 is 0. The van der Waals surface area contributed by atoms with E-state index in [0.717, 1.165) is 21.7 Å². The first-order chi connectivity index (χ1) is 7.36. The fourth-order valence-corrected chi connectivity index (χ4v) is 1.94. The van der Waals surface area contributed by atoms with Crippen LogP contribution in [-0.2, 0) is 0 Å². The van der Waals surface area contributed by atoms with Crippen molar-refractivity contribution in [2.24, 2.45) is 0 Å². The Bertz CT molecular complexity index is 652. The van der Waals surface area contributed by atoms with Crippen LogP contribution in [0.3, 0.4) is 0 Å². The van der Waals surface area contributed by atoms with Gasteiger partial charge in [0.05, 0.1) is 0 Å². The molecular weight excluding hydrogens is 193 g/mol. The van der Waals surface area contributed by atoms with Gasteiger partial charge in [0.2, 0.25) is 5.52 Å². The molecule has 72 valence electrons. The normalized spacial score (nSPS) is 10.2. The number of aromatic nitrogens is 1. The molecule has 3 rings (SSSR count). The molecule has 0 unspecified atom stereocenters. The van der Waals surface area contributed by atoms with Crippen LogP contribution in [0.2, 0.25) is 0 Å². The Hall–Kier alpha value is -1.49. The minimum absolute atomic E-state index is 0. The molecule has 0 radical (unpaired) electrons. The standard InChI is InChI=1S/C13H9NO.Li/c15-11-5-1-3-9-6-7-10-4-2-8-14-13(10)12(9)11;/h1-8,15H;/q;+1. The van der Waals surface area contributed by atoms with Gasteiger partial charge in [0, 0.05) is 16.8 Å². The van der Waals surface area contributed by atoms with Gasteiger partial charge in [-0.3, -0.25) is 0 Å². The van der Waals surface area contributed by atoms with E-state index in [1.165, 1.54) is 0 Å². The third-order valence-corrected chi connectivity index (χ3v) is 2.64. The number of aromatic amines is 1. The van der Waals surface area contributed by atoms with Crippen molar-refractivity contribution in [3.8, 4) is 5.75 Å². The Balaban J connectivity index is 0.000000963. The zero-order valence-corrected chi connectivity index (χ0v) is 9.03. The second-order valence-electron chi connectivity index (χ2n) is 3.55. The number of nitrogens with one attached hydrogen (secondary N) is 1. The number of pyridine rings is 1. The largest absolute Gasteiger partial charge is 1.00 e. The molecule has 16 heavy (non-hydrogen) atoms. The van der Waals surface area contributed by atoms with Gasteiger partial charge in [0.15, 0.2) is 6.20 Å². The zero-order valence-electron chi connectivity index (χ0n) is 9.03. The van der Waals surface area contributed by atoms with Gasteiger partial charge in [-0.25, -0.2) is 4.98 Å². The second-order valence-corrected chi connectivity index (χ2v) is 3.55. The van der Waals surface area contributed by atoms with E-state index in [2.05, 4.69) is 4.98 Å². The van der Waals surface area contributed by atoms with Gasteiger partial charge in [0.25, 0.3) is 0 Å². The molecule has 2 aromatic carbocycles. The van der Waals surface area contributed by atoms with Crippen molar-refractivity contribution >= 4 is 21.7 Å². The van der Waals surface area contributed by atoms with Crippen LogP contribution in [-0.4, -0.2) is 0 Å². The van der Waals surface area contributed by atoms with E-state index in [1.807, 2.05) is 36.5 Å². The monoisotopic (exact) mass is 202 g/mol. The van der Waals surface area contributed by atoms with E-state index >= 15 is 0 Å². The smallest absolute Gasteiger partial charge is 0.872 e. The Kier molecular flexibility index (Phi) is 2.87. The summed E-state index contributed by atoms with van der Waals surface area (Å²) in [7, 11) is 0. The average Bonchev–Trinajstić information content (AvgIpc) is 2.29. The predicted molar refractivity (Wildman–Crippen MR) is 57.5 cm³/mol. The molecule has 1 aromatic heterocycles. The van der Waals surface area contributed by atoms with Crippen molar-refractivity contribution in [1.29, 1.82) is 0 Å². The van der Waals surface area contributed by atoms with Gasteiger partial charge in [-0.05, 0) is 17.5 Å². The summed E-state index contributed by atoms with van der Waals surface area (Å²) in [5.41, 5.74) is 0.917. The summed E-state index contributed by atoms with van der Waals surface area (Å²) >= 11 is 0. The molecule has 0 spiro atoms. The fourth-order valence-electron chi connectivity index (χ4n) is 1.94. The summed E-state index contributed by atoms with van der Waals surface area (Å²) in [5, 5.41) is 14.6. The molecule has 0 saturated carbocycles. The molecule has 0 aliphatic rings. The van der Waals surface area contributed by atoms with E-state index < -0.39 is 0 Å². The first-order valence-corrected chi connectivity index (χ1v) is 4.85. The number of hydrogen-bond acceptors (Lipinski definition) is 1. The van der Waals surface area contributed by atoms with Crippen molar-refractivity contribution in [2.75, 3.05) is 0 Å². The van der Waals surface area contributed by atoms with Crippen LogP contribution in [0.25, 0.3) is 21.7 Å². The van der Waals surface area contributed by atoms with Gasteiger partial charge in [-0.15, -0.1) is 0 Å². The van der Waals surface area contributed by atoms with E-state index in [0.29, 0.717) is 0 Å².